The molecule has 1 aromatic heterocycles. The van der Waals surface area contributed by atoms with E-state index >= 15 is 0 Å². The first-order chi connectivity index (χ1) is 15.4. The number of hydrogen-bond acceptors (Lipinski definition) is 1. The van der Waals surface area contributed by atoms with Crippen molar-refractivity contribution in [2.75, 3.05) is 0 Å². The Balaban J connectivity index is 1.29. The average Bonchev–Trinajstić information content (AvgIpc) is 3.18. The highest BCUT2D eigenvalue weighted by Crippen LogP contribution is 2.34. The molecule has 0 spiro atoms. The van der Waals surface area contributed by atoms with Crippen LogP contribution in [0.3, 0.4) is 0 Å². The lowest BCUT2D eigenvalue weighted by atomic mass is 9.88. The van der Waals surface area contributed by atoms with Crippen molar-refractivity contribution < 1.29 is 0 Å². The van der Waals surface area contributed by atoms with Crippen LogP contribution >= 0.6 is 0 Å². The zero-order valence-electron chi connectivity index (χ0n) is 20.4. The smallest absolute Gasteiger partial charge is 0.112 e. The molecule has 0 aliphatic heterocycles. The lowest BCUT2D eigenvalue weighted by Gasteiger charge is -2.22. The largest absolute Gasteiger partial charge is 0.328 e. The molecular formula is C29H48N2. The van der Waals surface area contributed by atoms with E-state index in [-0.39, 0.29) is 0 Å². The highest BCUT2D eigenvalue weighted by Gasteiger charge is 2.22. The van der Waals surface area contributed by atoms with Crippen molar-refractivity contribution in [3.8, 4) is 0 Å². The Bertz CT molecular complexity index is 711. The summed E-state index contributed by atoms with van der Waals surface area (Å²) in [5, 5.41) is 0. The number of benzene rings is 1. The fourth-order valence-corrected chi connectivity index (χ4v) is 5.47. The Morgan fingerprint density at radius 1 is 0.710 bits per heavy atom. The first kappa shape index (κ1) is 24.3. The first-order valence-electron chi connectivity index (χ1n) is 13.9. The van der Waals surface area contributed by atoms with Crippen molar-refractivity contribution in [2.24, 2.45) is 0 Å². The molecule has 0 bridgehead atoms. The van der Waals surface area contributed by atoms with Crippen LogP contribution in [-0.4, -0.2) is 9.55 Å². The molecule has 1 saturated carbocycles. The van der Waals surface area contributed by atoms with Gasteiger partial charge in [-0.2, -0.15) is 0 Å². The maximum atomic E-state index is 5.08. The summed E-state index contributed by atoms with van der Waals surface area (Å²) in [5.74, 6) is 2.07. The minimum absolute atomic E-state index is 0.688. The van der Waals surface area contributed by atoms with Crippen molar-refractivity contribution >= 4 is 11.0 Å². The molecule has 1 aliphatic carbocycles. The van der Waals surface area contributed by atoms with Gasteiger partial charge in [-0.15, -0.1) is 0 Å². The monoisotopic (exact) mass is 424 g/mol. The lowest BCUT2D eigenvalue weighted by molar-refractivity contribution is 0.413. The Kier molecular flexibility index (Phi) is 11.5. The quantitative estimate of drug-likeness (QED) is 0.245. The van der Waals surface area contributed by atoms with Gasteiger partial charge < -0.3 is 4.57 Å². The van der Waals surface area contributed by atoms with Crippen LogP contribution in [0.5, 0.6) is 0 Å². The van der Waals surface area contributed by atoms with Crippen molar-refractivity contribution in [3.05, 3.63) is 30.1 Å². The molecule has 1 heterocycles. The van der Waals surface area contributed by atoms with Gasteiger partial charge in [-0.1, -0.05) is 122 Å². The van der Waals surface area contributed by atoms with Crippen LogP contribution in [0.25, 0.3) is 11.0 Å². The summed E-state index contributed by atoms with van der Waals surface area (Å²) in [6, 6.07) is 8.79. The van der Waals surface area contributed by atoms with Gasteiger partial charge in [0.15, 0.2) is 0 Å². The standard InChI is InChI=1S/C29H48N2/c1-2-3-4-5-6-7-8-9-10-11-12-13-14-20-25-31-28-24-19-18-23-27(28)30-29(31)26-21-16-15-17-22-26/h18-19,23-24,26H,2-17,20-22,25H2,1H3. The molecule has 1 aliphatic rings. The van der Waals surface area contributed by atoms with E-state index in [0.29, 0.717) is 5.92 Å². The van der Waals surface area contributed by atoms with Gasteiger partial charge in [-0.25, -0.2) is 4.98 Å². The molecule has 174 valence electrons. The van der Waals surface area contributed by atoms with Crippen molar-refractivity contribution in [2.45, 2.75) is 141 Å². The molecule has 31 heavy (non-hydrogen) atoms. The molecule has 1 fully saturated rings. The van der Waals surface area contributed by atoms with Crippen LogP contribution in [0, 0.1) is 0 Å². The summed E-state index contributed by atoms with van der Waals surface area (Å²) >= 11 is 0. The summed E-state index contributed by atoms with van der Waals surface area (Å²) in [7, 11) is 0. The van der Waals surface area contributed by atoms with Crippen LogP contribution < -0.4 is 0 Å². The highest BCUT2D eigenvalue weighted by atomic mass is 15.1. The van der Waals surface area contributed by atoms with Gasteiger partial charge in [-0.3, -0.25) is 0 Å². The molecule has 2 aromatic rings. The van der Waals surface area contributed by atoms with Crippen LogP contribution in [0.15, 0.2) is 24.3 Å². The van der Waals surface area contributed by atoms with Crippen molar-refractivity contribution in [1.29, 1.82) is 0 Å². The summed E-state index contributed by atoms with van der Waals surface area (Å²) in [6.45, 7) is 3.46. The van der Waals surface area contributed by atoms with Gasteiger partial charge >= 0.3 is 0 Å². The lowest BCUT2D eigenvalue weighted by Crippen LogP contribution is -2.12. The molecule has 0 N–H and O–H groups in total. The predicted molar refractivity (Wildman–Crippen MR) is 136 cm³/mol. The molecule has 3 rings (SSSR count). The number of rotatable bonds is 16. The molecule has 0 radical (unpaired) electrons. The van der Waals surface area contributed by atoms with Crippen LogP contribution in [0.4, 0.5) is 0 Å². The number of imidazole rings is 1. The van der Waals surface area contributed by atoms with E-state index < -0.39 is 0 Å². The van der Waals surface area contributed by atoms with E-state index in [0.717, 1.165) is 6.54 Å². The van der Waals surface area contributed by atoms with E-state index in [1.165, 1.54) is 139 Å². The van der Waals surface area contributed by atoms with Crippen LogP contribution in [0.2, 0.25) is 0 Å². The van der Waals surface area contributed by atoms with Crippen molar-refractivity contribution in [3.63, 3.8) is 0 Å². The molecule has 0 saturated heterocycles. The normalized spacial score (nSPS) is 15.1. The zero-order valence-corrected chi connectivity index (χ0v) is 20.4. The zero-order chi connectivity index (χ0) is 21.6. The van der Waals surface area contributed by atoms with Gasteiger partial charge in [-0.05, 0) is 31.4 Å². The summed E-state index contributed by atoms with van der Waals surface area (Å²) in [4.78, 5) is 5.08. The summed E-state index contributed by atoms with van der Waals surface area (Å²) < 4.78 is 2.58. The van der Waals surface area contributed by atoms with Crippen LogP contribution in [0.1, 0.15) is 141 Å². The summed E-state index contributed by atoms with van der Waals surface area (Å²) in [6.07, 6.45) is 26.8. The topological polar surface area (TPSA) is 17.8 Å². The molecule has 2 heteroatoms. The number of hydrogen-bond donors (Lipinski definition) is 0. The maximum Gasteiger partial charge on any atom is 0.112 e. The van der Waals surface area contributed by atoms with E-state index in [1.807, 2.05) is 0 Å². The molecule has 0 amide bonds. The first-order valence-corrected chi connectivity index (χ1v) is 13.9. The minimum Gasteiger partial charge on any atom is -0.328 e. The minimum atomic E-state index is 0.688. The number of nitrogens with zero attached hydrogens (tertiary/aromatic N) is 2. The van der Waals surface area contributed by atoms with Crippen LogP contribution in [-0.2, 0) is 6.54 Å². The Morgan fingerprint density at radius 3 is 1.87 bits per heavy atom. The Labute approximate surface area is 192 Å². The van der Waals surface area contributed by atoms with E-state index in [4.69, 9.17) is 4.98 Å². The molecule has 1 aromatic carbocycles. The average molecular weight is 425 g/mol. The number of aryl methyl sites for hydroxylation is 1. The second-order valence-electron chi connectivity index (χ2n) is 10.0. The molecule has 2 nitrogen and oxygen atoms in total. The number of para-hydroxylation sites is 2. The second kappa shape index (κ2) is 14.7. The predicted octanol–water partition coefficient (Wildman–Crippen LogP) is 9.57. The number of aromatic nitrogens is 2. The molecular weight excluding hydrogens is 376 g/mol. The van der Waals surface area contributed by atoms with Gasteiger partial charge in [0.25, 0.3) is 0 Å². The van der Waals surface area contributed by atoms with Gasteiger partial charge in [0, 0.05) is 12.5 Å². The van der Waals surface area contributed by atoms with Gasteiger partial charge in [0.2, 0.25) is 0 Å². The number of fused-ring (bicyclic) bond motifs is 1. The highest BCUT2D eigenvalue weighted by molar-refractivity contribution is 5.76. The van der Waals surface area contributed by atoms with Gasteiger partial charge in [0.05, 0.1) is 11.0 Å². The maximum absolute atomic E-state index is 5.08. The fourth-order valence-electron chi connectivity index (χ4n) is 5.47. The third-order valence-corrected chi connectivity index (χ3v) is 7.39. The van der Waals surface area contributed by atoms with Gasteiger partial charge in [0.1, 0.15) is 5.82 Å². The third kappa shape index (κ3) is 8.28. The van der Waals surface area contributed by atoms with E-state index in [2.05, 4.69) is 35.8 Å². The SMILES string of the molecule is CCCCCCCCCCCCCCCCn1c(C2CCCCC2)nc2ccccc21. The van der Waals surface area contributed by atoms with E-state index in [1.54, 1.807) is 0 Å². The molecule has 0 atom stereocenters. The molecule has 0 unspecified atom stereocenters. The second-order valence-corrected chi connectivity index (χ2v) is 10.0. The Morgan fingerprint density at radius 2 is 1.26 bits per heavy atom. The third-order valence-electron chi connectivity index (χ3n) is 7.39. The van der Waals surface area contributed by atoms with Crippen molar-refractivity contribution in [1.82, 2.24) is 9.55 Å². The fraction of sp³-hybridized carbons (Fsp3) is 0.759. The Hall–Kier alpha value is -1.31. The summed E-state index contributed by atoms with van der Waals surface area (Å²) in [5.41, 5.74) is 2.56. The number of unbranched alkanes of at least 4 members (excludes halogenated alkanes) is 13. The van der Waals surface area contributed by atoms with E-state index in [9.17, 15) is 0 Å².